The van der Waals surface area contributed by atoms with Gasteiger partial charge in [0.15, 0.2) is 6.61 Å². The van der Waals surface area contributed by atoms with Crippen LogP contribution in [0.5, 0.6) is 5.75 Å². The fourth-order valence-corrected chi connectivity index (χ4v) is 3.29. The molecule has 0 aliphatic heterocycles. The van der Waals surface area contributed by atoms with E-state index in [-0.39, 0.29) is 5.75 Å². The number of halogens is 3. The van der Waals surface area contributed by atoms with Crippen molar-refractivity contribution in [1.29, 1.82) is 0 Å². The van der Waals surface area contributed by atoms with Crippen LogP contribution >= 0.6 is 0 Å². The van der Waals surface area contributed by atoms with Crippen molar-refractivity contribution in [1.82, 2.24) is 10.3 Å². The van der Waals surface area contributed by atoms with Crippen molar-refractivity contribution in [3.05, 3.63) is 42.0 Å². The summed E-state index contributed by atoms with van der Waals surface area (Å²) in [5.41, 5.74) is 2.35. The smallest absolute Gasteiger partial charge is 0.422 e. The minimum absolute atomic E-state index is 0.0299. The summed E-state index contributed by atoms with van der Waals surface area (Å²) >= 11 is 0. The first kappa shape index (κ1) is 19.2. The minimum atomic E-state index is -4.52. The molecule has 0 saturated heterocycles. The van der Waals surface area contributed by atoms with Crippen LogP contribution in [0.25, 0.3) is 22.2 Å². The monoisotopic (exact) mass is 406 g/mol. The number of carbonyl (C=O) groups is 1. The Bertz CT molecular complexity index is 1040. The second-order valence-electron chi connectivity index (χ2n) is 7.20. The van der Waals surface area contributed by atoms with Crippen LogP contribution in [0.2, 0.25) is 0 Å². The van der Waals surface area contributed by atoms with Crippen LogP contribution < -0.4 is 4.74 Å². The highest BCUT2D eigenvalue weighted by atomic mass is 19.4. The molecule has 1 N–H and O–H groups in total. The molecular weight excluding hydrogens is 389 g/mol. The maximum atomic E-state index is 12.8. The van der Waals surface area contributed by atoms with Gasteiger partial charge in [-0.1, -0.05) is 31.0 Å². The van der Waals surface area contributed by atoms with Gasteiger partial charge < -0.3 is 9.84 Å². The molecule has 0 radical (unpaired) electrons. The summed E-state index contributed by atoms with van der Waals surface area (Å²) in [6.07, 6.45) is -2.10. The highest BCUT2D eigenvalue weighted by Crippen LogP contribution is 2.41. The van der Waals surface area contributed by atoms with Gasteiger partial charge in [-0.2, -0.15) is 13.2 Å². The van der Waals surface area contributed by atoms with Crippen molar-refractivity contribution in [3.63, 3.8) is 0 Å². The molecule has 1 saturated carbocycles. The van der Waals surface area contributed by atoms with E-state index in [2.05, 4.69) is 14.9 Å². The Labute approximate surface area is 163 Å². The third kappa shape index (κ3) is 4.49. The summed E-state index contributed by atoms with van der Waals surface area (Å²) in [5, 5.41) is 17.0. The molecule has 1 atom stereocenters. The third-order valence-electron chi connectivity index (χ3n) is 4.93. The van der Waals surface area contributed by atoms with E-state index in [0.717, 1.165) is 12.8 Å². The van der Waals surface area contributed by atoms with Crippen molar-refractivity contribution in [2.24, 2.45) is 5.92 Å². The molecule has 152 valence electrons. The minimum Gasteiger partial charge on any atom is -0.483 e. The fraction of sp³-hybridized carbons (Fsp3) is 0.350. The summed E-state index contributed by atoms with van der Waals surface area (Å²) in [6.45, 7) is -1.47. The number of nitrogens with zero attached hydrogens (tertiary/aromatic N) is 2. The zero-order chi connectivity index (χ0) is 20.6. The van der Waals surface area contributed by atoms with E-state index in [1.807, 2.05) is 0 Å². The van der Waals surface area contributed by atoms with Crippen LogP contribution in [0.1, 0.15) is 30.7 Å². The molecule has 29 heavy (non-hydrogen) atoms. The molecule has 1 fully saturated rings. The number of aliphatic carboxylic acids is 1. The van der Waals surface area contributed by atoms with Crippen LogP contribution in [0, 0.1) is 5.92 Å². The van der Waals surface area contributed by atoms with Crippen LogP contribution in [0.15, 0.2) is 41.0 Å². The summed E-state index contributed by atoms with van der Waals surface area (Å²) in [5.74, 6) is -1.47. The summed E-state index contributed by atoms with van der Waals surface area (Å²) in [6, 6.07) is 9.53. The maximum Gasteiger partial charge on any atom is 0.422 e. The van der Waals surface area contributed by atoms with E-state index < -0.39 is 24.7 Å². The normalized spacial score (nSPS) is 15.4. The number of hydrogen-bond donors (Lipinski definition) is 1. The molecule has 4 rings (SSSR count). The van der Waals surface area contributed by atoms with Crippen LogP contribution in [-0.2, 0) is 4.79 Å². The van der Waals surface area contributed by atoms with Gasteiger partial charge in [-0.15, -0.1) is 0 Å². The van der Waals surface area contributed by atoms with Gasteiger partial charge in [0.2, 0.25) is 0 Å². The first-order valence-electron chi connectivity index (χ1n) is 9.09. The van der Waals surface area contributed by atoms with E-state index in [1.54, 1.807) is 30.3 Å². The molecule has 1 aliphatic carbocycles. The van der Waals surface area contributed by atoms with Crippen molar-refractivity contribution in [3.8, 4) is 16.9 Å². The number of carboxylic acids is 1. The van der Waals surface area contributed by atoms with E-state index in [1.165, 1.54) is 6.07 Å². The number of carboxylic acid groups (broad SMARTS) is 1. The van der Waals surface area contributed by atoms with Gasteiger partial charge in [-0.3, -0.25) is 4.79 Å². The highest BCUT2D eigenvalue weighted by molar-refractivity contribution is 5.83. The Kier molecular flexibility index (Phi) is 4.89. The molecular formula is C20H17F3N2O4. The predicted molar refractivity (Wildman–Crippen MR) is 96.5 cm³/mol. The van der Waals surface area contributed by atoms with Gasteiger partial charge in [-0.25, -0.2) is 4.63 Å². The van der Waals surface area contributed by atoms with E-state index in [4.69, 9.17) is 4.74 Å². The van der Waals surface area contributed by atoms with Gasteiger partial charge in [0, 0.05) is 5.56 Å². The summed E-state index contributed by atoms with van der Waals surface area (Å²) < 4.78 is 48.0. The summed E-state index contributed by atoms with van der Waals surface area (Å²) in [7, 11) is 0. The van der Waals surface area contributed by atoms with Gasteiger partial charge in [-0.05, 0) is 52.0 Å². The Balaban J connectivity index is 1.73. The van der Waals surface area contributed by atoms with Gasteiger partial charge in [0.25, 0.3) is 0 Å². The topological polar surface area (TPSA) is 85.5 Å². The standard InChI is InChI=1S/C20H17F3N2O4/c21-20(22,23)10-28-18-9-13(15(19(26)27)7-11-1-2-11)3-5-14(18)12-4-6-16-17(8-12)25-29-24-16/h3-6,8-9,11,15H,1-2,7,10H2,(H,26,27). The average molecular weight is 406 g/mol. The number of aromatic nitrogens is 2. The lowest BCUT2D eigenvalue weighted by Gasteiger charge is -2.18. The third-order valence-corrected chi connectivity index (χ3v) is 4.93. The Morgan fingerprint density at radius 3 is 2.62 bits per heavy atom. The number of alkyl halides is 3. The molecule has 1 aliphatic rings. The predicted octanol–water partition coefficient (Wildman–Crippen LogP) is 4.80. The molecule has 0 spiro atoms. The molecule has 1 aromatic heterocycles. The molecule has 2 aromatic carbocycles. The zero-order valence-electron chi connectivity index (χ0n) is 15.1. The second-order valence-corrected chi connectivity index (χ2v) is 7.20. The van der Waals surface area contributed by atoms with Gasteiger partial charge in [0.1, 0.15) is 16.8 Å². The molecule has 3 aromatic rings. The van der Waals surface area contributed by atoms with Crippen molar-refractivity contribution in [2.45, 2.75) is 31.4 Å². The molecule has 0 amide bonds. The zero-order valence-corrected chi connectivity index (χ0v) is 15.1. The largest absolute Gasteiger partial charge is 0.483 e. The molecule has 1 unspecified atom stereocenters. The maximum absolute atomic E-state index is 12.8. The van der Waals surface area contributed by atoms with Crippen LogP contribution in [0.3, 0.4) is 0 Å². The number of fused-ring (bicyclic) bond motifs is 1. The first-order valence-corrected chi connectivity index (χ1v) is 9.09. The lowest BCUT2D eigenvalue weighted by molar-refractivity contribution is -0.153. The lowest BCUT2D eigenvalue weighted by atomic mass is 9.91. The Hall–Kier alpha value is -3.10. The number of hydrogen-bond acceptors (Lipinski definition) is 5. The SMILES string of the molecule is O=C(O)C(CC1CC1)c1ccc(-c2ccc3nonc3c2)c(OCC(F)(F)F)c1. The Morgan fingerprint density at radius 1 is 1.17 bits per heavy atom. The molecule has 6 nitrogen and oxygen atoms in total. The Morgan fingerprint density at radius 2 is 1.93 bits per heavy atom. The van der Waals surface area contributed by atoms with Crippen molar-refractivity contribution >= 4 is 17.0 Å². The van der Waals surface area contributed by atoms with Crippen molar-refractivity contribution < 1.29 is 32.4 Å². The van der Waals surface area contributed by atoms with E-state index in [0.29, 0.717) is 40.1 Å². The number of rotatable bonds is 7. The second kappa shape index (κ2) is 7.38. The lowest BCUT2D eigenvalue weighted by Crippen LogP contribution is -2.20. The fourth-order valence-electron chi connectivity index (χ4n) is 3.29. The van der Waals surface area contributed by atoms with Crippen molar-refractivity contribution in [2.75, 3.05) is 6.61 Å². The van der Waals surface area contributed by atoms with Crippen LogP contribution in [0.4, 0.5) is 13.2 Å². The van der Waals surface area contributed by atoms with Gasteiger partial charge in [0.05, 0.1) is 5.92 Å². The molecule has 1 heterocycles. The highest BCUT2D eigenvalue weighted by Gasteiger charge is 2.32. The number of benzene rings is 2. The van der Waals surface area contributed by atoms with E-state index >= 15 is 0 Å². The first-order chi connectivity index (χ1) is 13.8. The summed E-state index contributed by atoms with van der Waals surface area (Å²) in [4.78, 5) is 11.7. The molecule has 9 heteroatoms. The average Bonchev–Trinajstić information content (AvgIpc) is 3.37. The quantitative estimate of drug-likeness (QED) is 0.607. The van der Waals surface area contributed by atoms with E-state index in [9.17, 15) is 23.1 Å². The van der Waals surface area contributed by atoms with Gasteiger partial charge >= 0.3 is 12.1 Å². The van der Waals surface area contributed by atoms with Crippen LogP contribution in [-0.4, -0.2) is 34.2 Å². The molecule has 0 bridgehead atoms. The number of ether oxygens (including phenoxy) is 1.